The number of piperidine rings is 1. The third-order valence-electron chi connectivity index (χ3n) is 3.26. The van der Waals surface area contributed by atoms with Gasteiger partial charge in [-0.05, 0) is 64.8 Å². The molecular weight excluding hydrogens is 269 g/mol. The standard InChI is InChI=1S/C13H17BrFN/c1-2-9-6-11(13(15)12(14)7-9)10-4-3-5-16-8-10/h6-7,10,16H,2-5,8H2,1H3. The second kappa shape index (κ2) is 5.28. The van der Waals surface area contributed by atoms with Crippen molar-refractivity contribution < 1.29 is 4.39 Å². The summed E-state index contributed by atoms with van der Waals surface area (Å²) in [6, 6.07) is 3.91. The predicted octanol–water partition coefficient (Wildman–Crippen LogP) is 3.62. The Morgan fingerprint density at radius 1 is 1.50 bits per heavy atom. The predicted molar refractivity (Wildman–Crippen MR) is 68.3 cm³/mol. The maximum absolute atomic E-state index is 14.0. The van der Waals surface area contributed by atoms with Crippen LogP contribution < -0.4 is 5.32 Å². The molecule has 1 atom stereocenters. The number of hydrogen-bond donors (Lipinski definition) is 1. The summed E-state index contributed by atoms with van der Waals surface area (Å²) in [6.07, 6.45) is 3.17. The molecule has 1 aliphatic heterocycles. The van der Waals surface area contributed by atoms with E-state index in [-0.39, 0.29) is 5.82 Å². The smallest absolute Gasteiger partial charge is 0.140 e. The van der Waals surface area contributed by atoms with Crippen molar-refractivity contribution in [1.82, 2.24) is 5.32 Å². The van der Waals surface area contributed by atoms with E-state index in [0.29, 0.717) is 10.4 Å². The van der Waals surface area contributed by atoms with E-state index in [1.54, 1.807) is 0 Å². The highest BCUT2D eigenvalue weighted by Crippen LogP contribution is 2.30. The van der Waals surface area contributed by atoms with E-state index in [4.69, 9.17) is 0 Å². The number of aryl methyl sites for hydroxylation is 1. The lowest BCUT2D eigenvalue weighted by atomic mass is 9.90. The summed E-state index contributed by atoms with van der Waals surface area (Å²) in [5, 5.41) is 3.34. The molecule has 0 amide bonds. The number of nitrogens with one attached hydrogen (secondary N) is 1. The lowest BCUT2D eigenvalue weighted by Crippen LogP contribution is -2.29. The molecule has 0 spiro atoms. The average Bonchev–Trinajstić information content (AvgIpc) is 2.33. The minimum absolute atomic E-state index is 0.0779. The lowest BCUT2D eigenvalue weighted by molar-refractivity contribution is 0.445. The van der Waals surface area contributed by atoms with Gasteiger partial charge in [-0.3, -0.25) is 0 Å². The van der Waals surface area contributed by atoms with Crippen LogP contribution in [0.4, 0.5) is 4.39 Å². The Morgan fingerprint density at radius 2 is 2.31 bits per heavy atom. The molecule has 0 saturated carbocycles. The van der Waals surface area contributed by atoms with Gasteiger partial charge in [0.25, 0.3) is 0 Å². The molecule has 1 aromatic carbocycles. The van der Waals surface area contributed by atoms with Gasteiger partial charge in [0.2, 0.25) is 0 Å². The first kappa shape index (κ1) is 12.1. The maximum Gasteiger partial charge on any atom is 0.140 e. The van der Waals surface area contributed by atoms with E-state index in [0.717, 1.165) is 37.9 Å². The van der Waals surface area contributed by atoms with Crippen LogP contribution in [-0.2, 0) is 6.42 Å². The van der Waals surface area contributed by atoms with Crippen molar-refractivity contribution in [2.24, 2.45) is 0 Å². The van der Waals surface area contributed by atoms with Gasteiger partial charge in [-0.15, -0.1) is 0 Å². The van der Waals surface area contributed by atoms with Gasteiger partial charge >= 0.3 is 0 Å². The molecule has 0 aromatic heterocycles. The highest BCUT2D eigenvalue weighted by molar-refractivity contribution is 9.10. The van der Waals surface area contributed by atoms with Gasteiger partial charge in [-0.25, -0.2) is 4.39 Å². The molecule has 1 nitrogen and oxygen atoms in total. The Bertz CT molecular complexity index is 372. The van der Waals surface area contributed by atoms with Crippen LogP contribution in [0.2, 0.25) is 0 Å². The van der Waals surface area contributed by atoms with Crippen molar-refractivity contribution in [2.45, 2.75) is 32.1 Å². The molecule has 1 aromatic rings. The molecular formula is C13H17BrFN. The van der Waals surface area contributed by atoms with E-state index in [2.05, 4.69) is 28.2 Å². The molecule has 1 unspecified atom stereocenters. The third-order valence-corrected chi connectivity index (χ3v) is 3.84. The van der Waals surface area contributed by atoms with Crippen molar-refractivity contribution in [3.05, 3.63) is 33.5 Å². The van der Waals surface area contributed by atoms with Crippen LogP contribution in [0.3, 0.4) is 0 Å². The van der Waals surface area contributed by atoms with Crippen molar-refractivity contribution in [3.63, 3.8) is 0 Å². The highest BCUT2D eigenvalue weighted by atomic mass is 79.9. The number of halogens is 2. The summed E-state index contributed by atoms with van der Waals surface area (Å²) in [6.45, 7) is 4.06. The van der Waals surface area contributed by atoms with Gasteiger partial charge in [0, 0.05) is 6.54 Å². The first-order chi connectivity index (χ1) is 7.72. The second-order valence-corrected chi connectivity index (χ2v) is 5.23. The van der Waals surface area contributed by atoms with Crippen molar-refractivity contribution in [2.75, 3.05) is 13.1 Å². The van der Waals surface area contributed by atoms with Crippen LogP contribution in [0.5, 0.6) is 0 Å². The van der Waals surface area contributed by atoms with Crippen molar-refractivity contribution >= 4 is 15.9 Å². The van der Waals surface area contributed by atoms with Crippen LogP contribution >= 0.6 is 15.9 Å². The third kappa shape index (κ3) is 2.46. The minimum atomic E-state index is -0.0779. The second-order valence-electron chi connectivity index (χ2n) is 4.38. The minimum Gasteiger partial charge on any atom is -0.316 e. The van der Waals surface area contributed by atoms with E-state index in [9.17, 15) is 4.39 Å². The topological polar surface area (TPSA) is 12.0 Å². The number of benzene rings is 1. The van der Waals surface area contributed by atoms with Gasteiger partial charge in [0.05, 0.1) is 4.47 Å². The van der Waals surface area contributed by atoms with Crippen LogP contribution in [0.15, 0.2) is 16.6 Å². The molecule has 1 N–H and O–H groups in total. The molecule has 3 heteroatoms. The first-order valence-corrected chi connectivity index (χ1v) is 6.70. The molecule has 0 radical (unpaired) electrons. The summed E-state index contributed by atoms with van der Waals surface area (Å²) in [7, 11) is 0. The average molecular weight is 286 g/mol. The van der Waals surface area contributed by atoms with Gasteiger partial charge < -0.3 is 5.32 Å². The van der Waals surface area contributed by atoms with E-state index >= 15 is 0 Å². The lowest BCUT2D eigenvalue weighted by Gasteiger charge is -2.24. The molecule has 2 rings (SSSR count). The van der Waals surface area contributed by atoms with Gasteiger partial charge in [-0.2, -0.15) is 0 Å². The molecule has 1 fully saturated rings. The fourth-order valence-electron chi connectivity index (χ4n) is 2.29. The molecule has 16 heavy (non-hydrogen) atoms. The zero-order chi connectivity index (χ0) is 11.5. The Labute approximate surface area is 105 Å². The van der Waals surface area contributed by atoms with Crippen LogP contribution in [0.25, 0.3) is 0 Å². The van der Waals surface area contributed by atoms with Gasteiger partial charge in [0.1, 0.15) is 5.82 Å². The number of hydrogen-bond acceptors (Lipinski definition) is 1. The quantitative estimate of drug-likeness (QED) is 0.875. The van der Waals surface area contributed by atoms with Crippen LogP contribution in [0.1, 0.15) is 36.8 Å². The van der Waals surface area contributed by atoms with Crippen LogP contribution in [-0.4, -0.2) is 13.1 Å². The normalized spacial score (nSPS) is 21.1. The maximum atomic E-state index is 14.0. The fourth-order valence-corrected chi connectivity index (χ4v) is 2.81. The Kier molecular flexibility index (Phi) is 3.98. The summed E-state index contributed by atoms with van der Waals surface area (Å²) >= 11 is 3.31. The summed E-state index contributed by atoms with van der Waals surface area (Å²) in [5.74, 6) is 0.252. The summed E-state index contributed by atoms with van der Waals surface area (Å²) in [5.41, 5.74) is 2.08. The molecule has 0 aliphatic carbocycles. The molecule has 1 heterocycles. The highest BCUT2D eigenvalue weighted by Gasteiger charge is 2.20. The molecule has 1 saturated heterocycles. The van der Waals surface area contributed by atoms with Crippen molar-refractivity contribution in [1.29, 1.82) is 0 Å². The van der Waals surface area contributed by atoms with Crippen LogP contribution in [0, 0.1) is 5.82 Å². The zero-order valence-corrected chi connectivity index (χ0v) is 11.1. The number of rotatable bonds is 2. The Hall–Kier alpha value is -0.410. The fraction of sp³-hybridized carbons (Fsp3) is 0.538. The summed E-state index contributed by atoms with van der Waals surface area (Å²) < 4.78 is 14.6. The zero-order valence-electron chi connectivity index (χ0n) is 9.52. The molecule has 1 aliphatic rings. The van der Waals surface area contributed by atoms with Gasteiger partial charge in [-0.1, -0.05) is 13.0 Å². The Morgan fingerprint density at radius 3 is 2.94 bits per heavy atom. The van der Waals surface area contributed by atoms with E-state index in [1.807, 2.05) is 12.1 Å². The largest absolute Gasteiger partial charge is 0.316 e. The first-order valence-electron chi connectivity index (χ1n) is 5.91. The monoisotopic (exact) mass is 285 g/mol. The van der Waals surface area contributed by atoms with E-state index in [1.165, 1.54) is 5.56 Å². The molecule has 88 valence electrons. The Balaban J connectivity index is 2.33. The van der Waals surface area contributed by atoms with Crippen molar-refractivity contribution in [3.8, 4) is 0 Å². The SMILES string of the molecule is CCc1cc(Br)c(F)c(C2CCCNC2)c1. The summed E-state index contributed by atoms with van der Waals surface area (Å²) in [4.78, 5) is 0. The molecule has 0 bridgehead atoms. The van der Waals surface area contributed by atoms with E-state index < -0.39 is 0 Å². The van der Waals surface area contributed by atoms with Gasteiger partial charge in [0.15, 0.2) is 0 Å².